The van der Waals surface area contributed by atoms with Gasteiger partial charge in [0.2, 0.25) is 0 Å². The molecule has 0 spiro atoms. The van der Waals surface area contributed by atoms with Gasteiger partial charge in [-0.2, -0.15) is 0 Å². The van der Waals surface area contributed by atoms with Gasteiger partial charge in [0.15, 0.2) is 0 Å². The van der Waals surface area contributed by atoms with E-state index in [4.69, 9.17) is 16.1 Å². The molecule has 128 valence electrons. The number of carbonyl (C=O) groups is 1. The number of aromatic nitrogens is 2. The van der Waals surface area contributed by atoms with E-state index in [9.17, 15) is 4.79 Å². The number of nitrogens with one attached hydrogen (secondary N) is 1. The minimum absolute atomic E-state index is 0.257. The van der Waals surface area contributed by atoms with Crippen LogP contribution in [0.5, 0.6) is 0 Å². The number of benzene rings is 1. The maximum atomic E-state index is 12.5. The number of halogens is 1. The number of carbonyl (C=O) groups excluding carboxylic acids is 1. The van der Waals surface area contributed by atoms with Crippen molar-refractivity contribution in [2.24, 2.45) is 0 Å². The summed E-state index contributed by atoms with van der Waals surface area (Å²) in [4.78, 5) is 16.9. The van der Waals surface area contributed by atoms with Crippen LogP contribution in [0.2, 0.25) is 5.02 Å². The van der Waals surface area contributed by atoms with Crippen LogP contribution in [0.15, 0.2) is 40.9 Å². The molecule has 0 aliphatic heterocycles. The lowest BCUT2D eigenvalue weighted by Crippen LogP contribution is -2.24. The largest absolute Gasteiger partial charge is 0.361 e. The van der Waals surface area contributed by atoms with E-state index in [1.165, 1.54) is 0 Å². The third-order valence-electron chi connectivity index (χ3n) is 4.05. The van der Waals surface area contributed by atoms with E-state index in [0.29, 0.717) is 28.7 Å². The van der Waals surface area contributed by atoms with E-state index in [-0.39, 0.29) is 5.91 Å². The van der Waals surface area contributed by atoms with E-state index in [0.717, 1.165) is 22.4 Å². The molecule has 0 bridgehead atoms. The normalized spacial score (nSPS) is 10.7. The van der Waals surface area contributed by atoms with Crippen molar-refractivity contribution in [3.8, 4) is 11.3 Å². The van der Waals surface area contributed by atoms with Gasteiger partial charge in [0.1, 0.15) is 11.5 Å². The lowest BCUT2D eigenvalue weighted by atomic mass is 10.1. The van der Waals surface area contributed by atoms with Crippen molar-refractivity contribution < 1.29 is 9.32 Å². The fourth-order valence-corrected chi connectivity index (χ4v) is 2.99. The van der Waals surface area contributed by atoms with Crippen LogP contribution in [-0.2, 0) is 6.54 Å². The predicted molar refractivity (Wildman–Crippen MR) is 96.6 cm³/mol. The zero-order valence-electron chi connectivity index (χ0n) is 14.3. The molecule has 0 unspecified atom stereocenters. The molecule has 25 heavy (non-hydrogen) atoms. The summed E-state index contributed by atoms with van der Waals surface area (Å²) in [7, 11) is 0. The summed E-state index contributed by atoms with van der Waals surface area (Å²) in [5.74, 6) is 0.419. The Balaban J connectivity index is 1.81. The Hall–Kier alpha value is -2.66. The maximum Gasteiger partial charge on any atom is 0.270 e. The predicted octanol–water partition coefficient (Wildman–Crippen LogP) is 4.25. The zero-order chi connectivity index (χ0) is 18.0. The second-order valence-electron chi connectivity index (χ2n) is 5.83. The molecule has 2 aromatic heterocycles. The van der Waals surface area contributed by atoms with Crippen LogP contribution in [0.1, 0.15) is 33.1 Å². The molecule has 0 aliphatic carbocycles. The van der Waals surface area contributed by atoms with E-state index in [1.54, 1.807) is 12.1 Å². The lowest BCUT2D eigenvalue weighted by Gasteiger charge is -2.10. The van der Waals surface area contributed by atoms with Crippen LogP contribution in [-0.4, -0.2) is 16.0 Å². The summed E-state index contributed by atoms with van der Waals surface area (Å²) in [6.45, 7) is 5.98. The summed E-state index contributed by atoms with van der Waals surface area (Å²) in [5.41, 5.74) is 4.50. The summed E-state index contributed by atoms with van der Waals surface area (Å²) in [5, 5.41) is 7.44. The van der Waals surface area contributed by atoms with Crippen molar-refractivity contribution in [3.63, 3.8) is 0 Å². The highest BCUT2D eigenvalue weighted by Crippen LogP contribution is 2.25. The second kappa shape index (κ2) is 7.07. The van der Waals surface area contributed by atoms with E-state index >= 15 is 0 Å². The van der Waals surface area contributed by atoms with E-state index in [2.05, 4.69) is 15.5 Å². The Kier molecular flexibility index (Phi) is 4.86. The molecule has 0 aliphatic rings. The molecule has 0 atom stereocenters. The molecule has 6 heteroatoms. The van der Waals surface area contributed by atoms with Crippen LogP contribution in [0, 0.1) is 20.8 Å². The highest BCUT2D eigenvalue weighted by molar-refractivity contribution is 6.31. The van der Waals surface area contributed by atoms with Gasteiger partial charge in [-0.3, -0.25) is 4.79 Å². The van der Waals surface area contributed by atoms with Crippen molar-refractivity contribution in [3.05, 3.63) is 69.7 Å². The summed E-state index contributed by atoms with van der Waals surface area (Å²) in [6.07, 6.45) is 0. The molecule has 1 N–H and O–H groups in total. The third kappa shape index (κ3) is 3.56. The average molecular weight is 356 g/mol. The van der Waals surface area contributed by atoms with Gasteiger partial charge in [0.25, 0.3) is 5.91 Å². The number of amides is 1. The number of aryl methyl sites for hydroxylation is 3. The molecule has 0 saturated heterocycles. The monoisotopic (exact) mass is 355 g/mol. The van der Waals surface area contributed by atoms with Crippen LogP contribution in [0.4, 0.5) is 0 Å². The van der Waals surface area contributed by atoms with Gasteiger partial charge in [0.05, 0.1) is 17.0 Å². The Labute approximate surface area is 151 Å². The SMILES string of the molecule is Cc1cccc(Cl)c1CNC(=O)c1cccc(-c2c(C)noc2C)n1. The highest BCUT2D eigenvalue weighted by Gasteiger charge is 2.15. The average Bonchev–Trinajstić information content (AvgIpc) is 2.93. The molecule has 0 fully saturated rings. The van der Waals surface area contributed by atoms with Gasteiger partial charge in [0, 0.05) is 11.6 Å². The van der Waals surface area contributed by atoms with Crippen molar-refractivity contribution in [2.45, 2.75) is 27.3 Å². The first-order valence-electron chi connectivity index (χ1n) is 7.90. The quantitative estimate of drug-likeness (QED) is 0.759. The smallest absolute Gasteiger partial charge is 0.270 e. The Morgan fingerprint density at radius 1 is 1.16 bits per heavy atom. The number of hydrogen-bond donors (Lipinski definition) is 1. The van der Waals surface area contributed by atoms with Gasteiger partial charge in [-0.25, -0.2) is 4.98 Å². The highest BCUT2D eigenvalue weighted by atomic mass is 35.5. The second-order valence-corrected chi connectivity index (χ2v) is 6.23. The Morgan fingerprint density at radius 3 is 2.60 bits per heavy atom. The fraction of sp³-hybridized carbons (Fsp3) is 0.211. The first kappa shape index (κ1) is 17.2. The van der Waals surface area contributed by atoms with Gasteiger partial charge in [-0.1, -0.05) is 35.0 Å². The van der Waals surface area contributed by atoms with Gasteiger partial charge in [-0.05, 0) is 50.1 Å². The van der Waals surface area contributed by atoms with Crippen LogP contribution in [0.25, 0.3) is 11.3 Å². The van der Waals surface area contributed by atoms with E-state index in [1.807, 2.05) is 45.0 Å². The molecular weight excluding hydrogens is 338 g/mol. The number of rotatable bonds is 4. The summed E-state index contributed by atoms with van der Waals surface area (Å²) >= 11 is 6.20. The minimum atomic E-state index is -0.257. The zero-order valence-corrected chi connectivity index (χ0v) is 15.0. The van der Waals surface area contributed by atoms with E-state index < -0.39 is 0 Å². The number of hydrogen-bond acceptors (Lipinski definition) is 4. The minimum Gasteiger partial charge on any atom is -0.361 e. The Bertz CT molecular complexity index is 894. The maximum absolute atomic E-state index is 12.5. The first-order valence-corrected chi connectivity index (χ1v) is 8.27. The van der Waals surface area contributed by atoms with Crippen molar-refractivity contribution in [1.82, 2.24) is 15.5 Å². The van der Waals surface area contributed by atoms with Crippen molar-refractivity contribution in [2.75, 3.05) is 0 Å². The van der Waals surface area contributed by atoms with Crippen molar-refractivity contribution in [1.29, 1.82) is 0 Å². The van der Waals surface area contributed by atoms with Crippen LogP contribution < -0.4 is 5.32 Å². The molecule has 5 nitrogen and oxygen atoms in total. The summed E-state index contributed by atoms with van der Waals surface area (Å²) < 4.78 is 5.18. The molecule has 2 heterocycles. The Morgan fingerprint density at radius 2 is 1.92 bits per heavy atom. The molecule has 3 aromatic rings. The number of pyridine rings is 1. The van der Waals surface area contributed by atoms with Crippen molar-refractivity contribution >= 4 is 17.5 Å². The fourth-order valence-electron chi connectivity index (χ4n) is 2.70. The van der Waals surface area contributed by atoms with Crippen LogP contribution >= 0.6 is 11.6 Å². The van der Waals surface area contributed by atoms with Gasteiger partial charge in [-0.15, -0.1) is 0 Å². The van der Waals surface area contributed by atoms with Crippen LogP contribution in [0.3, 0.4) is 0 Å². The topological polar surface area (TPSA) is 68.0 Å². The van der Waals surface area contributed by atoms with Gasteiger partial charge >= 0.3 is 0 Å². The molecule has 0 radical (unpaired) electrons. The molecular formula is C19H18ClN3O2. The molecule has 0 saturated carbocycles. The molecule has 1 amide bonds. The van der Waals surface area contributed by atoms with Gasteiger partial charge < -0.3 is 9.84 Å². The third-order valence-corrected chi connectivity index (χ3v) is 4.40. The number of nitrogens with zero attached hydrogens (tertiary/aromatic N) is 2. The molecule has 1 aromatic carbocycles. The first-order chi connectivity index (χ1) is 12.0. The molecule has 3 rings (SSSR count). The summed E-state index contributed by atoms with van der Waals surface area (Å²) in [6, 6.07) is 11.0. The standard InChI is InChI=1S/C19H18ClN3O2/c1-11-6-4-7-15(20)14(11)10-21-19(24)17-9-5-8-16(22-17)18-12(2)23-25-13(18)3/h4-9H,10H2,1-3H3,(H,21,24). The lowest BCUT2D eigenvalue weighted by molar-refractivity contribution is 0.0946.